The van der Waals surface area contributed by atoms with Crippen molar-refractivity contribution in [1.29, 1.82) is 0 Å². The van der Waals surface area contributed by atoms with Gasteiger partial charge in [0, 0.05) is 18.7 Å². The van der Waals surface area contributed by atoms with E-state index in [1.165, 1.54) is 6.07 Å². The highest BCUT2D eigenvalue weighted by Crippen LogP contribution is 2.20. The van der Waals surface area contributed by atoms with Gasteiger partial charge in [-0.2, -0.15) is 0 Å². The van der Waals surface area contributed by atoms with E-state index >= 15 is 0 Å². The van der Waals surface area contributed by atoms with Gasteiger partial charge in [0.15, 0.2) is 5.84 Å². The van der Waals surface area contributed by atoms with Crippen LogP contribution in [0.15, 0.2) is 23.4 Å². The smallest absolute Gasteiger partial charge is 0.170 e. The lowest BCUT2D eigenvalue weighted by Gasteiger charge is -2.23. The Kier molecular flexibility index (Phi) is 4.75. The summed E-state index contributed by atoms with van der Waals surface area (Å²) in [4.78, 5) is 1.95. The normalized spacial score (nSPS) is 11.6. The van der Waals surface area contributed by atoms with Crippen molar-refractivity contribution in [1.82, 2.24) is 0 Å². The first kappa shape index (κ1) is 13.3. The first-order valence-electron chi connectivity index (χ1n) is 5.66. The van der Waals surface area contributed by atoms with Crippen LogP contribution in [-0.2, 0) is 0 Å². The Morgan fingerprint density at radius 1 is 1.47 bits per heavy atom. The number of halogens is 1. The summed E-state index contributed by atoms with van der Waals surface area (Å²) in [6.45, 7) is 5.57. The summed E-state index contributed by atoms with van der Waals surface area (Å²) in [6, 6.07) is 4.58. The van der Waals surface area contributed by atoms with Crippen LogP contribution in [0.2, 0.25) is 0 Å². The Morgan fingerprint density at radius 3 is 2.65 bits per heavy atom. The quantitative estimate of drug-likeness (QED) is 0.358. The molecule has 0 saturated heterocycles. The second-order valence-corrected chi connectivity index (χ2v) is 3.73. The molecule has 0 atom stereocenters. The third-order valence-corrected chi connectivity index (χ3v) is 2.57. The zero-order chi connectivity index (χ0) is 12.8. The molecule has 0 aromatic heterocycles. The molecule has 4 nitrogen and oxygen atoms in total. The van der Waals surface area contributed by atoms with E-state index in [9.17, 15) is 4.39 Å². The van der Waals surface area contributed by atoms with Gasteiger partial charge in [-0.1, -0.05) is 12.1 Å². The number of benzene rings is 1. The number of anilines is 1. The molecule has 0 spiro atoms. The lowest BCUT2D eigenvalue weighted by Crippen LogP contribution is -2.24. The average Bonchev–Trinajstić information content (AvgIpc) is 2.35. The van der Waals surface area contributed by atoms with Crippen LogP contribution in [0.5, 0.6) is 0 Å². The molecule has 0 aliphatic rings. The molecular formula is C12H18FN3O. The number of hydrogen-bond donors (Lipinski definition) is 2. The fourth-order valence-corrected chi connectivity index (χ4v) is 1.70. The van der Waals surface area contributed by atoms with Gasteiger partial charge >= 0.3 is 0 Å². The van der Waals surface area contributed by atoms with Crippen LogP contribution in [-0.4, -0.2) is 24.1 Å². The molecule has 0 bridgehead atoms. The van der Waals surface area contributed by atoms with Gasteiger partial charge < -0.3 is 15.8 Å². The van der Waals surface area contributed by atoms with Gasteiger partial charge in [-0.25, -0.2) is 4.39 Å². The van der Waals surface area contributed by atoms with Crippen molar-refractivity contribution in [3.05, 3.63) is 29.6 Å². The van der Waals surface area contributed by atoms with Crippen LogP contribution >= 0.6 is 0 Å². The predicted octanol–water partition coefficient (Wildman–Crippen LogP) is 2.16. The molecule has 0 saturated carbocycles. The van der Waals surface area contributed by atoms with Gasteiger partial charge in [0.1, 0.15) is 5.82 Å². The van der Waals surface area contributed by atoms with E-state index in [2.05, 4.69) is 5.16 Å². The maximum absolute atomic E-state index is 13.9. The minimum Gasteiger partial charge on any atom is -0.409 e. The van der Waals surface area contributed by atoms with Crippen LogP contribution in [0.1, 0.15) is 25.8 Å². The van der Waals surface area contributed by atoms with Crippen molar-refractivity contribution in [3.8, 4) is 0 Å². The third kappa shape index (κ3) is 3.09. The standard InChI is InChI=1S/C12H18FN3O/c1-3-7-16(4-2)11-6-5-9(8-10(11)13)12(14)15-17/h5-6,8,17H,3-4,7H2,1-2H3,(H2,14,15). The maximum atomic E-state index is 13.9. The Bertz CT molecular complexity index is 407. The first-order chi connectivity index (χ1) is 8.13. The summed E-state index contributed by atoms with van der Waals surface area (Å²) in [5.74, 6) is -0.446. The van der Waals surface area contributed by atoms with Crippen LogP contribution in [0.4, 0.5) is 10.1 Å². The van der Waals surface area contributed by atoms with Crippen molar-refractivity contribution in [2.24, 2.45) is 10.9 Å². The Balaban J connectivity index is 3.04. The Labute approximate surface area is 101 Å². The molecule has 1 aromatic rings. The number of amidine groups is 1. The zero-order valence-corrected chi connectivity index (χ0v) is 10.2. The van der Waals surface area contributed by atoms with E-state index in [1.807, 2.05) is 18.7 Å². The molecule has 0 unspecified atom stereocenters. The lowest BCUT2D eigenvalue weighted by atomic mass is 10.1. The van der Waals surface area contributed by atoms with Crippen molar-refractivity contribution < 1.29 is 9.60 Å². The highest BCUT2D eigenvalue weighted by molar-refractivity contribution is 5.97. The minimum absolute atomic E-state index is 0.0889. The molecule has 0 heterocycles. The zero-order valence-electron chi connectivity index (χ0n) is 10.2. The van der Waals surface area contributed by atoms with E-state index in [1.54, 1.807) is 12.1 Å². The minimum atomic E-state index is -0.357. The van der Waals surface area contributed by atoms with Crippen LogP contribution in [0.3, 0.4) is 0 Å². The van der Waals surface area contributed by atoms with Crippen LogP contribution in [0.25, 0.3) is 0 Å². The summed E-state index contributed by atoms with van der Waals surface area (Å²) < 4.78 is 13.9. The molecule has 0 radical (unpaired) electrons. The SMILES string of the molecule is CCCN(CC)c1ccc(/C(N)=N/O)cc1F. The maximum Gasteiger partial charge on any atom is 0.170 e. The first-order valence-corrected chi connectivity index (χ1v) is 5.66. The lowest BCUT2D eigenvalue weighted by molar-refractivity contribution is 0.318. The van der Waals surface area contributed by atoms with E-state index in [-0.39, 0.29) is 11.7 Å². The van der Waals surface area contributed by atoms with Gasteiger partial charge in [-0.05, 0) is 31.5 Å². The predicted molar refractivity (Wildman–Crippen MR) is 67.1 cm³/mol. The summed E-state index contributed by atoms with van der Waals surface area (Å²) in [6.07, 6.45) is 0.954. The molecule has 0 aliphatic heterocycles. The fourth-order valence-electron chi connectivity index (χ4n) is 1.70. The van der Waals surface area contributed by atoms with E-state index in [0.29, 0.717) is 11.3 Å². The monoisotopic (exact) mass is 239 g/mol. The topological polar surface area (TPSA) is 61.8 Å². The molecule has 5 heteroatoms. The molecule has 17 heavy (non-hydrogen) atoms. The summed E-state index contributed by atoms with van der Waals surface area (Å²) >= 11 is 0. The molecule has 3 N–H and O–H groups in total. The Hall–Kier alpha value is -1.78. The number of nitrogens with two attached hydrogens (primary N) is 1. The number of hydrogen-bond acceptors (Lipinski definition) is 3. The van der Waals surface area contributed by atoms with E-state index in [4.69, 9.17) is 10.9 Å². The van der Waals surface area contributed by atoms with Crippen LogP contribution < -0.4 is 10.6 Å². The van der Waals surface area contributed by atoms with Gasteiger partial charge in [-0.3, -0.25) is 0 Å². The molecule has 0 amide bonds. The van der Waals surface area contributed by atoms with Crippen molar-refractivity contribution in [2.45, 2.75) is 20.3 Å². The van der Waals surface area contributed by atoms with E-state index in [0.717, 1.165) is 19.5 Å². The van der Waals surface area contributed by atoms with Crippen molar-refractivity contribution in [2.75, 3.05) is 18.0 Å². The molecule has 0 aliphatic carbocycles. The molecule has 1 rings (SSSR count). The summed E-state index contributed by atoms with van der Waals surface area (Å²) in [5.41, 5.74) is 6.32. The fraction of sp³-hybridized carbons (Fsp3) is 0.417. The molecular weight excluding hydrogens is 221 g/mol. The summed E-state index contributed by atoms with van der Waals surface area (Å²) in [5, 5.41) is 11.4. The highest BCUT2D eigenvalue weighted by atomic mass is 19.1. The third-order valence-electron chi connectivity index (χ3n) is 2.57. The van der Waals surface area contributed by atoms with Crippen molar-refractivity contribution >= 4 is 11.5 Å². The highest BCUT2D eigenvalue weighted by Gasteiger charge is 2.11. The number of rotatable bonds is 5. The molecule has 1 aromatic carbocycles. The second-order valence-electron chi connectivity index (χ2n) is 3.73. The molecule has 94 valence electrons. The number of oxime groups is 1. The number of nitrogens with zero attached hydrogens (tertiary/aromatic N) is 2. The molecule has 0 fully saturated rings. The summed E-state index contributed by atoms with van der Waals surface area (Å²) in [7, 11) is 0. The van der Waals surface area contributed by atoms with Crippen molar-refractivity contribution in [3.63, 3.8) is 0 Å². The van der Waals surface area contributed by atoms with Gasteiger partial charge in [0.2, 0.25) is 0 Å². The second kappa shape index (κ2) is 6.08. The average molecular weight is 239 g/mol. The van der Waals surface area contributed by atoms with Gasteiger partial charge in [-0.15, -0.1) is 0 Å². The van der Waals surface area contributed by atoms with Crippen LogP contribution in [0, 0.1) is 5.82 Å². The Morgan fingerprint density at radius 2 is 2.18 bits per heavy atom. The van der Waals surface area contributed by atoms with Gasteiger partial charge in [0.05, 0.1) is 5.69 Å². The largest absolute Gasteiger partial charge is 0.409 e. The van der Waals surface area contributed by atoms with E-state index < -0.39 is 0 Å². The van der Waals surface area contributed by atoms with Gasteiger partial charge in [0.25, 0.3) is 0 Å².